The molecule has 1 saturated heterocycles. The van der Waals surface area contributed by atoms with Gasteiger partial charge in [0, 0.05) is 19.2 Å². The molecule has 1 aromatic rings. The summed E-state index contributed by atoms with van der Waals surface area (Å²) in [5.74, 6) is 0.262. The van der Waals surface area contributed by atoms with Gasteiger partial charge in [-0.2, -0.15) is 0 Å². The summed E-state index contributed by atoms with van der Waals surface area (Å²) in [5.41, 5.74) is 6.28. The van der Waals surface area contributed by atoms with E-state index in [2.05, 4.69) is 0 Å². The zero-order valence-corrected chi connectivity index (χ0v) is 10.0. The highest BCUT2D eigenvalue weighted by atomic mass is 16.6. The number of hydrogen-bond donors (Lipinski definition) is 1. The third kappa shape index (κ3) is 2.96. The molecule has 1 atom stereocenters. The average Bonchev–Trinajstić information content (AvgIpc) is 2.88. The summed E-state index contributed by atoms with van der Waals surface area (Å²) < 4.78 is 10.9. The van der Waals surface area contributed by atoms with E-state index in [9.17, 15) is 10.1 Å². The molecule has 0 amide bonds. The first-order valence-corrected chi connectivity index (χ1v) is 5.92. The van der Waals surface area contributed by atoms with Gasteiger partial charge >= 0.3 is 5.69 Å². The molecule has 0 radical (unpaired) electrons. The van der Waals surface area contributed by atoms with Gasteiger partial charge in [-0.25, -0.2) is 0 Å². The molecular weight excluding hydrogens is 236 g/mol. The van der Waals surface area contributed by atoms with Crippen LogP contribution in [0.5, 0.6) is 5.75 Å². The van der Waals surface area contributed by atoms with Crippen LogP contribution in [0.25, 0.3) is 0 Å². The summed E-state index contributed by atoms with van der Waals surface area (Å²) in [6.07, 6.45) is 1.98. The van der Waals surface area contributed by atoms with Crippen LogP contribution in [0.3, 0.4) is 0 Å². The van der Waals surface area contributed by atoms with Gasteiger partial charge in [-0.3, -0.25) is 10.1 Å². The lowest BCUT2D eigenvalue weighted by Crippen LogP contribution is -2.17. The van der Waals surface area contributed by atoms with Gasteiger partial charge in [-0.05, 0) is 24.5 Å². The van der Waals surface area contributed by atoms with E-state index in [1.54, 1.807) is 12.1 Å². The summed E-state index contributed by atoms with van der Waals surface area (Å²) in [5, 5.41) is 10.9. The van der Waals surface area contributed by atoms with Crippen molar-refractivity contribution in [2.45, 2.75) is 25.5 Å². The molecule has 0 aliphatic carbocycles. The number of nitrogens with two attached hydrogens (primary N) is 1. The smallest absolute Gasteiger partial charge is 0.310 e. The quantitative estimate of drug-likeness (QED) is 0.635. The molecule has 1 aliphatic rings. The topological polar surface area (TPSA) is 87.6 Å². The highest BCUT2D eigenvalue weighted by Gasteiger charge is 2.20. The van der Waals surface area contributed by atoms with E-state index in [4.69, 9.17) is 15.2 Å². The zero-order chi connectivity index (χ0) is 13.0. The number of hydrogen-bond acceptors (Lipinski definition) is 5. The number of rotatable bonds is 5. The summed E-state index contributed by atoms with van der Waals surface area (Å²) in [7, 11) is 0. The fourth-order valence-electron chi connectivity index (χ4n) is 1.91. The Morgan fingerprint density at radius 2 is 2.39 bits per heavy atom. The minimum absolute atomic E-state index is 0.0335. The van der Waals surface area contributed by atoms with Gasteiger partial charge in [0.2, 0.25) is 0 Å². The zero-order valence-electron chi connectivity index (χ0n) is 10.0. The lowest BCUT2D eigenvalue weighted by Gasteiger charge is -2.12. The molecule has 0 saturated carbocycles. The Morgan fingerprint density at radius 3 is 3.00 bits per heavy atom. The van der Waals surface area contributed by atoms with E-state index in [0.717, 1.165) is 25.0 Å². The summed E-state index contributed by atoms with van der Waals surface area (Å²) in [6, 6.07) is 4.68. The van der Waals surface area contributed by atoms with Crippen LogP contribution in [0, 0.1) is 10.1 Å². The molecule has 0 spiro atoms. The minimum Gasteiger partial charge on any atom is -0.484 e. The Hall–Kier alpha value is -1.66. The second-order valence-electron chi connectivity index (χ2n) is 4.21. The van der Waals surface area contributed by atoms with Gasteiger partial charge in [-0.1, -0.05) is 6.07 Å². The maximum absolute atomic E-state index is 10.9. The van der Waals surface area contributed by atoms with Crippen molar-refractivity contribution in [2.24, 2.45) is 5.73 Å². The molecule has 6 heteroatoms. The molecule has 1 aliphatic heterocycles. The van der Waals surface area contributed by atoms with Crippen molar-refractivity contribution in [3.8, 4) is 5.75 Å². The molecule has 98 valence electrons. The lowest BCUT2D eigenvalue weighted by molar-refractivity contribution is -0.385. The number of nitrogens with zero attached hydrogens (tertiary/aromatic N) is 1. The van der Waals surface area contributed by atoms with Crippen molar-refractivity contribution in [1.29, 1.82) is 0 Å². The molecule has 2 N–H and O–H groups in total. The SMILES string of the molecule is NCc1ccc([N+](=O)[O-])c(OCC2CCCO2)c1. The fraction of sp³-hybridized carbons (Fsp3) is 0.500. The van der Waals surface area contributed by atoms with E-state index in [-0.39, 0.29) is 17.5 Å². The Balaban J connectivity index is 2.10. The van der Waals surface area contributed by atoms with Crippen molar-refractivity contribution in [3.63, 3.8) is 0 Å². The molecule has 0 bridgehead atoms. The highest BCUT2D eigenvalue weighted by molar-refractivity contribution is 5.48. The van der Waals surface area contributed by atoms with Gasteiger partial charge in [-0.15, -0.1) is 0 Å². The normalized spacial score (nSPS) is 18.8. The molecule has 2 rings (SSSR count). The first kappa shape index (κ1) is 12.8. The van der Waals surface area contributed by atoms with Crippen molar-refractivity contribution in [3.05, 3.63) is 33.9 Å². The Bertz CT molecular complexity index is 430. The molecular formula is C12H16N2O4. The van der Waals surface area contributed by atoms with Crippen molar-refractivity contribution in [1.82, 2.24) is 0 Å². The van der Waals surface area contributed by atoms with Crippen LogP contribution in [0.1, 0.15) is 18.4 Å². The van der Waals surface area contributed by atoms with Crippen LogP contribution in [-0.4, -0.2) is 24.2 Å². The Labute approximate surface area is 105 Å². The molecule has 1 heterocycles. The maximum atomic E-state index is 10.9. The maximum Gasteiger partial charge on any atom is 0.310 e. The van der Waals surface area contributed by atoms with E-state index >= 15 is 0 Å². The summed E-state index contributed by atoms with van der Waals surface area (Å²) in [6.45, 7) is 1.40. The molecule has 6 nitrogen and oxygen atoms in total. The van der Waals surface area contributed by atoms with E-state index in [1.807, 2.05) is 0 Å². The van der Waals surface area contributed by atoms with Gasteiger partial charge in [0.15, 0.2) is 5.75 Å². The van der Waals surface area contributed by atoms with Crippen molar-refractivity contribution >= 4 is 5.69 Å². The second-order valence-corrected chi connectivity index (χ2v) is 4.21. The lowest BCUT2D eigenvalue weighted by atomic mass is 10.2. The number of ether oxygens (including phenoxy) is 2. The average molecular weight is 252 g/mol. The molecule has 18 heavy (non-hydrogen) atoms. The second kappa shape index (κ2) is 5.79. The first-order chi connectivity index (χ1) is 8.70. The van der Waals surface area contributed by atoms with E-state index in [1.165, 1.54) is 6.07 Å². The van der Waals surface area contributed by atoms with E-state index in [0.29, 0.717) is 13.2 Å². The van der Waals surface area contributed by atoms with E-state index < -0.39 is 4.92 Å². The van der Waals surface area contributed by atoms with Crippen molar-refractivity contribution in [2.75, 3.05) is 13.2 Å². The fourth-order valence-corrected chi connectivity index (χ4v) is 1.91. The van der Waals surface area contributed by atoms with Crippen LogP contribution in [0.15, 0.2) is 18.2 Å². The number of nitro benzene ring substituents is 1. The van der Waals surface area contributed by atoms with Crippen molar-refractivity contribution < 1.29 is 14.4 Å². The predicted octanol–water partition coefficient (Wildman–Crippen LogP) is 1.61. The van der Waals surface area contributed by atoms with Gasteiger partial charge in [0.05, 0.1) is 11.0 Å². The summed E-state index contributed by atoms with van der Waals surface area (Å²) in [4.78, 5) is 10.4. The van der Waals surface area contributed by atoms with Crippen LogP contribution >= 0.6 is 0 Å². The molecule has 1 unspecified atom stereocenters. The Kier molecular flexibility index (Phi) is 4.11. The third-order valence-corrected chi connectivity index (χ3v) is 2.91. The van der Waals surface area contributed by atoms with Crippen LogP contribution in [0.2, 0.25) is 0 Å². The van der Waals surface area contributed by atoms with Gasteiger partial charge < -0.3 is 15.2 Å². The highest BCUT2D eigenvalue weighted by Crippen LogP contribution is 2.28. The van der Waals surface area contributed by atoms with Crippen LogP contribution in [0.4, 0.5) is 5.69 Å². The third-order valence-electron chi connectivity index (χ3n) is 2.91. The Morgan fingerprint density at radius 1 is 1.56 bits per heavy atom. The molecule has 0 aromatic heterocycles. The monoisotopic (exact) mass is 252 g/mol. The van der Waals surface area contributed by atoms with Gasteiger partial charge in [0.25, 0.3) is 0 Å². The molecule has 1 aromatic carbocycles. The summed E-state index contributed by atoms with van der Waals surface area (Å²) >= 11 is 0. The predicted molar refractivity (Wildman–Crippen MR) is 65.5 cm³/mol. The minimum atomic E-state index is -0.453. The standard InChI is InChI=1S/C12H16N2O4/c13-7-9-3-4-11(14(15)16)12(6-9)18-8-10-2-1-5-17-10/h3-4,6,10H,1-2,5,7-8,13H2. The molecule has 1 fully saturated rings. The largest absolute Gasteiger partial charge is 0.484 e. The number of benzene rings is 1. The number of nitro groups is 1. The van der Waals surface area contributed by atoms with Gasteiger partial charge in [0.1, 0.15) is 6.61 Å². The first-order valence-electron chi connectivity index (χ1n) is 5.92. The van der Waals surface area contributed by atoms with Crippen LogP contribution < -0.4 is 10.5 Å². The van der Waals surface area contributed by atoms with Crippen LogP contribution in [-0.2, 0) is 11.3 Å².